The second-order valence-electron chi connectivity index (χ2n) is 9.35. The molecule has 0 N–H and O–H groups in total. The summed E-state index contributed by atoms with van der Waals surface area (Å²) in [5, 5.41) is 13.2. The summed E-state index contributed by atoms with van der Waals surface area (Å²) in [6, 6.07) is 8.67. The highest BCUT2D eigenvalue weighted by Gasteiger charge is 2.25. The van der Waals surface area contributed by atoms with Gasteiger partial charge in [0, 0.05) is 32.1 Å². The van der Waals surface area contributed by atoms with Crippen molar-refractivity contribution in [1.29, 1.82) is 0 Å². The molecule has 30 heavy (non-hydrogen) atoms. The van der Waals surface area contributed by atoms with Gasteiger partial charge in [-0.3, -0.25) is 4.90 Å². The Morgan fingerprint density at radius 3 is 2.50 bits per heavy atom. The molecule has 4 rings (SSSR count). The van der Waals surface area contributed by atoms with Gasteiger partial charge < -0.3 is 9.13 Å². The van der Waals surface area contributed by atoms with E-state index in [2.05, 4.69) is 60.1 Å². The van der Waals surface area contributed by atoms with E-state index in [0.717, 1.165) is 47.9 Å². The van der Waals surface area contributed by atoms with Crippen LogP contribution in [-0.4, -0.2) is 47.1 Å². The molecule has 0 amide bonds. The number of rotatable bonds is 4. The summed E-state index contributed by atoms with van der Waals surface area (Å²) in [6.45, 7) is 9.37. The topological polar surface area (TPSA) is 56.7 Å². The number of nitrogens with zero attached hydrogens (tertiary/aromatic N) is 7. The summed E-state index contributed by atoms with van der Waals surface area (Å²) >= 11 is 5.71. The normalized spacial score (nSPS) is 18.1. The standard InChI is InChI=1S/C22H31N7S/c1-22(2,3)18-10-8-16(9-11-18)20-25-29(21(30)27(20)5)15-28-12-6-7-17(13-28)19-24-23-14-26(19)4/h8-11,14,17H,6-7,12-13,15H2,1-5H3/t17-/m0/s1. The van der Waals surface area contributed by atoms with Gasteiger partial charge in [-0.05, 0) is 42.6 Å². The van der Waals surface area contributed by atoms with Crippen LogP contribution in [0.2, 0.25) is 0 Å². The van der Waals surface area contributed by atoms with Gasteiger partial charge in [-0.2, -0.15) is 5.10 Å². The third kappa shape index (κ3) is 4.11. The van der Waals surface area contributed by atoms with Crippen LogP contribution in [0.5, 0.6) is 0 Å². The van der Waals surface area contributed by atoms with Crippen molar-refractivity contribution in [3.8, 4) is 11.4 Å². The number of aromatic nitrogens is 6. The maximum atomic E-state index is 5.71. The molecule has 0 unspecified atom stereocenters. The minimum atomic E-state index is 0.136. The molecule has 0 bridgehead atoms. The van der Waals surface area contributed by atoms with E-state index in [4.69, 9.17) is 17.3 Å². The summed E-state index contributed by atoms with van der Waals surface area (Å²) in [5.41, 5.74) is 2.54. The Hall–Kier alpha value is -2.32. The molecule has 1 aliphatic heterocycles. The predicted molar refractivity (Wildman–Crippen MR) is 121 cm³/mol. The first-order valence-corrected chi connectivity index (χ1v) is 11.0. The maximum absolute atomic E-state index is 5.71. The highest BCUT2D eigenvalue weighted by molar-refractivity contribution is 7.71. The highest BCUT2D eigenvalue weighted by Crippen LogP contribution is 2.27. The van der Waals surface area contributed by atoms with Crippen molar-refractivity contribution in [1.82, 2.24) is 34.0 Å². The average molecular weight is 426 g/mol. The molecule has 0 aliphatic carbocycles. The van der Waals surface area contributed by atoms with Gasteiger partial charge in [-0.25, -0.2) is 4.68 Å². The first kappa shape index (κ1) is 20.9. The van der Waals surface area contributed by atoms with E-state index in [9.17, 15) is 0 Å². The van der Waals surface area contributed by atoms with Gasteiger partial charge >= 0.3 is 0 Å². The van der Waals surface area contributed by atoms with Crippen LogP contribution in [0.3, 0.4) is 0 Å². The van der Waals surface area contributed by atoms with E-state index < -0.39 is 0 Å². The monoisotopic (exact) mass is 425 g/mol. The zero-order chi connectivity index (χ0) is 21.5. The molecule has 1 aromatic carbocycles. The summed E-state index contributed by atoms with van der Waals surface area (Å²) in [5.74, 6) is 2.36. The van der Waals surface area contributed by atoms with Crippen LogP contribution in [0.1, 0.15) is 50.9 Å². The van der Waals surface area contributed by atoms with Crippen LogP contribution in [-0.2, 0) is 26.2 Å². The Labute approximate surface area is 183 Å². The fourth-order valence-corrected chi connectivity index (χ4v) is 4.38. The number of hydrogen-bond donors (Lipinski definition) is 0. The molecule has 7 nitrogen and oxygen atoms in total. The second kappa shape index (κ2) is 8.07. The molecular weight excluding hydrogens is 394 g/mol. The lowest BCUT2D eigenvalue weighted by atomic mass is 9.87. The molecule has 8 heteroatoms. The van der Waals surface area contributed by atoms with Crippen LogP contribution >= 0.6 is 12.2 Å². The van der Waals surface area contributed by atoms with Gasteiger partial charge in [0.25, 0.3) is 0 Å². The number of piperidine rings is 1. The first-order valence-electron chi connectivity index (χ1n) is 10.5. The smallest absolute Gasteiger partial charge is 0.199 e. The largest absolute Gasteiger partial charge is 0.320 e. The van der Waals surface area contributed by atoms with Crippen molar-refractivity contribution in [2.75, 3.05) is 13.1 Å². The number of likely N-dealkylation sites (tertiary alicyclic amines) is 1. The van der Waals surface area contributed by atoms with Gasteiger partial charge in [-0.1, -0.05) is 45.0 Å². The SMILES string of the molecule is Cn1cnnc1[C@H]1CCCN(Cn2nc(-c3ccc(C(C)(C)C)cc3)n(C)c2=S)C1. The van der Waals surface area contributed by atoms with Crippen LogP contribution in [0.4, 0.5) is 0 Å². The lowest BCUT2D eigenvalue weighted by Gasteiger charge is -2.31. The molecule has 1 atom stereocenters. The van der Waals surface area contributed by atoms with E-state index in [0.29, 0.717) is 12.6 Å². The Morgan fingerprint density at radius 2 is 1.87 bits per heavy atom. The Balaban J connectivity index is 1.53. The summed E-state index contributed by atoms with van der Waals surface area (Å²) < 4.78 is 6.72. The zero-order valence-electron chi connectivity index (χ0n) is 18.5. The molecule has 3 aromatic rings. The minimum Gasteiger partial charge on any atom is -0.320 e. The van der Waals surface area contributed by atoms with Crippen molar-refractivity contribution in [2.45, 2.75) is 51.6 Å². The number of hydrogen-bond acceptors (Lipinski definition) is 5. The van der Waals surface area contributed by atoms with Crippen molar-refractivity contribution in [3.05, 3.63) is 46.8 Å². The molecule has 0 saturated carbocycles. The van der Waals surface area contributed by atoms with Gasteiger partial charge in [-0.15, -0.1) is 10.2 Å². The fraction of sp³-hybridized carbons (Fsp3) is 0.545. The van der Waals surface area contributed by atoms with Crippen LogP contribution in [0.15, 0.2) is 30.6 Å². The average Bonchev–Trinajstić information content (AvgIpc) is 3.26. The van der Waals surface area contributed by atoms with Crippen molar-refractivity contribution in [3.63, 3.8) is 0 Å². The third-order valence-corrected chi connectivity index (χ3v) is 6.49. The predicted octanol–water partition coefficient (Wildman–Crippen LogP) is 3.88. The van der Waals surface area contributed by atoms with Crippen molar-refractivity contribution in [2.24, 2.45) is 14.1 Å². The van der Waals surface area contributed by atoms with Gasteiger partial charge in [0.2, 0.25) is 0 Å². The molecule has 2 aromatic heterocycles. The molecular formula is C22H31N7S. The first-order chi connectivity index (χ1) is 14.2. The van der Waals surface area contributed by atoms with Gasteiger partial charge in [0.15, 0.2) is 10.6 Å². The van der Waals surface area contributed by atoms with Gasteiger partial charge in [0.1, 0.15) is 12.2 Å². The van der Waals surface area contributed by atoms with E-state index in [1.807, 2.05) is 27.9 Å². The number of benzene rings is 1. The Morgan fingerprint density at radius 1 is 1.13 bits per heavy atom. The molecule has 0 spiro atoms. The van der Waals surface area contributed by atoms with Crippen LogP contribution < -0.4 is 0 Å². The van der Waals surface area contributed by atoms with E-state index in [-0.39, 0.29) is 5.41 Å². The van der Waals surface area contributed by atoms with E-state index in [1.165, 1.54) is 5.56 Å². The summed E-state index contributed by atoms with van der Waals surface area (Å²) in [7, 11) is 4.01. The van der Waals surface area contributed by atoms with Gasteiger partial charge in [0.05, 0.1) is 6.67 Å². The summed E-state index contributed by atoms with van der Waals surface area (Å²) in [6.07, 6.45) is 4.06. The van der Waals surface area contributed by atoms with E-state index >= 15 is 0 Å². The molecule has 3 heterocycles. The molecule has 1 fully saturated rings. The van der Waals surface area contributed by atoms with Crippen LogP contribution in [0.25, 0.3) is 11.4 Å². The molecule has 1 saturated heterocycles. The third-order valence-electron chi connectivity index (χ3n) is 6.00. The van der Waals surface area contributed by atoms with Crippen LogP contribution in [0, 0.1) is 4.77 Å². The van der Waals surface area contributed by atoms with Crippen molar-refractivity contribution >= 4 is 12.2 Å². The summed E-state index contributed by atoms with van der Waals surface area (Å²) in [4.78, 5) is 2.41. The molecule has 1 aliphatic rings. The van der Waals surface area contributed by atoms with E-state index in [1.54, 1.807) is 6.33 Å². The lowest BCUT2D eigenvalue weighted by Crippen LogP contribution is -2.37. The molecule has 0 radical (unpaired) electrons. The number of aryl methyl sites for hydroxylation is 1. The lowest BCUT2D eigenvalue weighted by molar-refractivity contribution is 0.153. The highest BCUT2D eigenvalue weighted by atomic mass is 32.1. The fourth-order valence-electron chi connectivity index (χ4n) is 4.20. The molecule has 160 valence electrons. The minimum absolute atomic E-state index is 0.136. The zero-order valence-corrected chi connectivity index (χ0v) is 19.4. The van der Waals surface area contributed by atoms with Crippen molar-refractivity contribution < 1.29 is 0 Å². The quantitative estimate of drug-likeness (QED) is 0.594. The maximum Gasteiger partial charge on any atom is 0.199 e. The second-order valence-corrected chi connectivity index (χ2v) is 9.71. The Kier molecular flexibility index (Phi) is 5.63. The Bertz CT molecular complexity index is 1070.